The minimum atomic E-state index is -0.288. The summed E-state index contributed by atoms with van der Waals surface area (Å²) < 4.78 is 16.0. The van der Waals surface area contributed by atoms with Crippen LogP contribution in [-0.2, 0) is 16.1 Å². The molecule has 1 aliphatic rings. The first-order chi connectivity index (χ1) is 7.69. The van der Waals surface area contributed by atoms with Crippen molar-refractivity contribution < 1.29 is 19.0 Å². The summed E-state index contributed by atoms with van der Waals surface area (Å²) in [6.07, 6.45) is 0.604. The second-order valence-electron chi connectivity index (χ2n) is 3.63. The number of hydrogen-bond acceptors (Lipinski definition) is 4. The highest BCUT2D eigenvalue weighted by atomic mass is 16.7. The molecule has 1 unspecified atom stereocenters. The van der Waals surface area contributed by atoms with Crippen LogP contribution < -0.4 is 9.47 Å². The van der Waals surface area contributed by atoms with Crippen LogP contribution in [0, 0.1) is 0 Å². The van der Waals surface area contributed by atoms with Crippen molar-refractivity contribution in [1.82, 2.24) is 0 Å². The number of ether oxygens (including phenoxy) is 3. The molecule has 0 fully saturated rings. The molecule has 1 atom stereocenters. The Hall–Kier alpha value is -1.71. The highest BCUT2D eigenvalue weighted by molar-refractivity contribution is 5.66. The molecular formula is C12H14O4. The molecule has 4 nitrogen and oxygen atoms in total. The van der Waals surface area contributed by atoms with Crippen LogP contribution in [0.5, 0.6) is 11.5 Å². The van der Waals surface area contributed by atoms with Gasteiger partial charge < -0.3 is 14.2 Å². The zero-order valence-corrected chi connectivity index (χ0v) is 9.36. The van der Waals surface area contributed by atoms with Crippen molar-refractivity contribution in [3.8, 4) is 11.5 Å². The van der Waals surface area contributed by atoms with Crippen LogP contribution in [0.1, 0.15) is 25.8 Å². The van der Waals surface area contributed by atoms with E-state index in [-0.39, 0.29) is 18.9 Å². The van der Waals surface area contributed by atoms with Gasteiger partial charge in [-0.2, -0.15) is 0 Å². The van der Waals surface area contributed by atoms with Gasteiger partial charge in [-0.1, -0.05) is 13.0 Å². The van der Waals surface area contributed by atoms with E-state index in [4.69, 9.17) is 14.2 Å². The summed E-state index contributed by atoms with van der Waals surface area (Å²) in [6.45, 7) is 3.65. The summed E-state index contributed by atoms with van der Waals surface area (Å²) in [4.78, 5) is 10.7. The Morgan fingerprint density at radius 1 is 1.38 bits per heavy atom. The van der Waals surface area contributed by atoms with E-state index >= 15 is 0 Å². The summed E-state index contributed by atoms with van der Waals surface area (Å²) in [5.74, 6) is 1.18. The number of carbonyl (C=O) groups is 1. The molecule has 0 aliphatic carbocycles. The van der Waals surface area contributed by atoms with Gasteiger partial charge in [0.1, 0.15) is 6.61 Å². The minimum absolute atomic E-state index is 0.195. The van der Waals surface area contributed by atoms with Gasteiger partial charge in [0.25, 0.3) is 0 Å². The van der Waals surface area contributed by atoms with Crippen LogP contribution in [-0.4, -0.2) is 12.3 Å². The predicted octanol–water partition coefficient (Wildman–Crippen LogP) is 2.26. The fourth-order valence-corrected chi connectivity index (χ4v) is 1.49. The number of carbonyl (C=O) groups excluding carboxylic acids is 1. The third kappa shape index (κ3) is 2.27. The molecule has 1 aromatic rings. The number of benzene rings is 1. The van der Waals surface area contributed by atoms with E-state index in [0.717, 1.165) is 23.5 Å². The highest BCUT2D eigenvalue weighted by Crippen LogP contribution is 2.36. The maximum absolute atomic E-state index is 10.7. The zero-order valence-electron chi connectivity index (χ0n) is 9.36. The van der Waals surface area contributed by atoms with Crippen LogP contribution in [0.3, 0.4) is 0 Å². The average Bonchev–Trinajstić information content (AvgIpc) is 2.68. The van der Waals surface area contributed by atoms with Crippen LogP contribution in [0.2, 0.25) is 0 Å². The second-order valence-corrected chi connectivity index (χ2v) is 3.63. The van der Waals surface area contributed by atoms with E-state index in [1.807, 2.05) is 25.1 Å². The minimum Gasteiger partial charge on any atom is -0.461 e. The van der Waals surface area contributed by atoms with Crippen LogP contribution in [0.15, 0.2) is 18.2 Å². The van der Waals surface area contributed by atoms with E-state index in [1.54, 1.807) is 0 Å². The molecule has 0 amide bonds. The quantitative estimate of drug-likeness (QED) is 0.736. The summed E-state index contributed by atoms with van der Waals surface area (Å²) in [5.41, 5.74) is 0.898. The van der Waals surface area contributed by atoms with Crippen molar-refractivity contribution in [2.45, 2.75) is 33.2 Å². The van der Waals surface area contributed by atoms with E-state index in [1.165, 1.54) is 6.92 Å². The third-order valence-electron chi connectivity index (χ3n) is 2.30. The van der Waals surface area contributed by atoms with Crippen LogP contribution in [0.25, 0.3) is 0 Å². The van der Waals surface area contributed by atoms with E-state index < -0.39 is 0 Å². The van der Waals surface area contributed by atoms with Crippen LogP contribution >= 0.6 is 0 Å². The Labute approximate surface area is 94.1 Å². The van der Waals surface area contributed by atoms with Crippen molar-refractivity contribution in [3.63, 3.8) is 0 Å². The van der Waals surface area contributed by atoms with Gasteiger partial charge in [-0.3, -0.25) is 4.79 Å². The molecule has 0 saturated carbocycles. The molecule has 1 aromatic carbocycles. The zero-order chi connectivity index (χ0) is 11.5. The van der Waals surface area contributed by atoms with Crippen molar-refractivity contribution in [2.75, 3.05) is 0 Å². The Morgan fingerprint density at radius 2 is 2.12 bits per heavy atom. The molecule has 0 aromatic heterocycles. The Balaban J connectivity index is 2.07. The standard InChI is InChI=1S/C12H14O4/c1-3-12-15-10-5-4-9(6-11(10)16-12)7-14-8(2)13/h4-6,12H,3,7H2,1-2H3. The molecule has 16 heavy (non-hydrogen) atoms. The van der Waals surface area contributed by atoms with Crippen LogP contribution in [0.4, 0.5) is 0 Å². The van der Waals surface area contributed by atoms with Gasteiger partial charge >= 0.3 is 5.97 Å². The number of esters is 1. The van der Waals surface area contributed by atoms with Gasteiger partial charge in [-0.15, -0.1) is 0 Å². The lowest BCUT2D eigenvalue weighted by Crippen LogP contribution is -2.15. The third-order valence-corrected chi connectivity index (χ3v) is 2.30. The van der Waals surface area contributed by atoms with E-state index in [9.17, 15) is 4.79 Å². The van der Waals surface area contributed by atoms with Gasteiger partial charge in [-0.25, -0.2) is 0 Å². The molecule has 2 rings (SSSR count). The van der Waals surface area contributed by atoms with E-state index in [2.05, 4.69) is 0 Å². The molecule has 86 valence electrons. The van der Waals surface area contributed by atoms with Crippen molar-refractivity contribution in [3.05, 3.63) is 23.8 Å². The number of fused-ring (bicyclic) bond motifs is 1. The van der Waals surface area contributed by atoms with Gasteiger partial charge in [0.15, 0.2) is 11.5 Å². The molecule has 0 N–H and O–H groups in total. The normalized spacial score (nSPS) is 17.2. The Kier molecular flexibility index (Phi) is 2.99. The van der Waals surface area contributed by atoms with Gasteiger partial charge in [0.05, 0.1) is 0 Å². The van der Waals surface area contributed by atoms with Gasteiger partial charge in [0, 0.05) is 13.3 Å². The number of rotatable bonds is 3. The summed E-state index contributed by atoms with van der Waals surface area (Å²) in [6, 6.07) is 5.54. The molecule has 1 heterocycles. The first kappa shape index (κ1) is 10.8. The molecular weight excluding hydrogens is 208 g/mol. The number of hydrogen-bond donors (Lipinski definition) is 0. The lowest BCUT2D eigenvalue weighted by molar-refractivity contribution is -0.142. The Morgan fingerprint density at radius 3 is 2.81 bits per heavy atom. The molecule has 0 saturated heterocycles. The molecule has 0 radical (unpaired) electrons. The van der Waals surface area contributed by atoms with Crippen molar-refractivity contribution in [2.24, 2.45) is 0 Å². The summed E-state index contributed by atoms with van der Waals surface area (Å²) >= 11 is 0. The molecule has 4 heteroatoms. The smallest absolute Gasteiger partial charge is 0.302 e. The van der Waals surface area contributed by atoms with Gasteiger partial charge in [-0.05, 0) is 17.7 Å². The SMILES string of the molecule is CCC1Oc2ccc(COC(C)=O)cc2O1. The molecule has 1 aliphatic heterocycles. The van der Waals surface area contributed by atoms with Crippen molar-refractivity contribution >= 4 is 5.97 Å². The second kappa shape index (κ2) is 4.43. The van der Waals surface area contributed by atoms with Gasteiger partial charge in [0.2, 0.25) is 6.29 Å². The largest absolute Gasteiger partial charge is 0.461 e. The first-order valence-corrected chi connectivity index (χ1v) is 5.28. The van der Waals surface area contributed by atoms with Crippen molar-refractivity contribution in [1.29, 1.82) is 0 Å². The lowest BCUT2D eigenvalue weighted by atomic mass is 10.2. The van der Waals surface area contributed by atoms with E-state index in [0.29, 0.717) is 0 Å². The summed E-state index contributed by atoms with van der Waals surface area (Å²) in [5, 5.41) is 0. The molecule has 0 bridgehead atoms. The topological polar surface area (TPSA) is 44.8 Å². The highest BCUT2D eigenvalue weighted by Gasteiger charge is 2.22. The molecule has 0 spiro atoms. The maximum Gasteiger partial charge on any atom is 0.302 e. The predicted molar refractivity (Wildman–Crippen MR) is 57.2 cm³/mol. The lowest BCUT2D eigenvalue weighted by Gasteiger charge is -2.05. The Bertz CT molecular complexity index is 400. The summed E-state index contributed by atoms with van der Waals surface area (Å²) in [7, 11) is 0. The monoisotopic (exact) mass is 222 g/mol. The first-order valence-electron chi connectivity index (χ1n) is 5.28. The fraction of sp³-hybridized carbons (Fsp3) is 0.417. The average molecular weight is 222 g/mol. The fourth-order valence-electron chi connectivity index (χ4n) is 1.49. The maximum atomic E-state index is 10.7.